The highest BCUT2D eigenvalue weighted by molar-refractivity contribution is 6.31. The Morgan fingerprint density at radius 3 is 2.85 bits per heavy atom. The zero-order valence-corrected chi connectivity index (χ0v) is 15.4. The Morgan fingerprint density at radius 2 is 2.12 bits per heavy atom. The summed E-state index contributed by atoms with van der Waals surface area (Å²) < 4.78 is 5.27. The molecule has 1 fully saturated rings. The van der Waals surface area contributed by atoms with Gasteiger partial charge in [0.05, 0.1) is 12.7 Å². The van der Waals surface area contributed by atoms with E-state index in [0.717, 1.165) is 12.1 Å². The minimum Gasteiger partial charge on any atom is -0.496 e. The van der Waals surface area contributed by atoms with Crippen molar-refractivity contribution in [3.8, 4) is 5.75 Å². The van der Waals surface area contributed by atoms with Crippen LogP contribution < -0.4 is 10.1 Å². The van der Waals surface area contributed by atoms with Crippen molar-refractivity contribution < 1.29 is 14.3 Å². The zero-order valence-electron chi connectivity index (χ0n) is 14.7. The van der Waals surface area contributed by atoms with Crippen LogP contribution in [0, 0.1) is 6.92 Å². The van der Waals surface area contributed by atoms with Crippen molar-refractivity contribution in [1.82, 2.24) is 9.88 Å². The summed E-state index contributed by atoms with van der Waals surface area (Å²) in [5.74, 6) is 0.412. The molecule has 0 saturated carbocycles. The first-order chi connectivity index (χ1) is 12.5. The molecule has 1 N–H and O–H groups in total. The van der Waals surface area contributed by atoms with E-state index in [9.17, 15) is 9.59 Å². The number of halogens is 1. The maximum Gasteiger partial charge on any atom is 0.258 e. The van der Waals surface area contributed by atoms with Crippen LogP contribution in [0.2, 0.25) is 5.02 Å². The third-order valence-corrected chi connectivity index (χ3v) is 4.58. The Hall–Kier alpha value is -2.60. The largest absolute Gasteiger partial charge is 0.496 e. The number of aromatic nitrogens is 1. The molecule has 1 aromatic carbocycles. The predicted molar refractivity (Wildman–Crippen MR) is 99.7 cm³/mol. The summed E-state index contributed by atoms with van der Waals surface area (Å²) in [6.45, 7) is 2.36. The molecule has 2 aromatic rings. The number of amides is 2. The molecule has 1 aliphatic rings. The summed E-state index contributed by atoms with van der Waals surface area (Å²) >= 11 is 6.03. The van der Waals surface area contributed by atoms with Gasteiger partial charge in [0.15, 0.2) is 0 Å². The summed E-state index contributed by atoms with van der Waals surface area (Å²) in [4.78, 5) is 31.5. The topological polar surface area (TPSA) is 71.5 Å². The lowest BCUT2D eigenvalue weighted by Crippen LogP contribution is -2.43. The summed E-state index contributed by atoms with van der Waals surface area (Å²) in [5, 5.41) is 3.24. The Morgan fingerprint density at radius 1 is 1.31 bits per heavy atom. The van der Waals surface area contributed by atoms with Crippen LogP contribution in [0.1, 0.15) is 28.9 Å². The molecule has 1 saturated heterocycles. The molecule has 1 aliphatic heterocycles. The van der Waals surface area contributed by atoms with E-state index in [1.165, 1.54) is 7.11 Å². The Kier molecular flexibility index (Phi) is 5.42. The normalized spacial score (nSPS) is 16.4. The average Bonchev–Trinajstić information content (AvgIpc) is 3.11. The lowest BCUT2D eigenvalue weighted by Gasteiger charge is -2.24. The number of likely N-dealkylation sites (tertiary alicyclic amines) is 1. The molecule has 7 heteroatoms. The fourth-order valence-electron chi connectivity index (χ4n) is 3.11. The number of methoxy groups -OCH3 is 1. The van der Waals surface area contributed by atoms with Crippen molar-refractivity contribution in [1.29, 1.82) is 0 Å². The summed E-state index contributed by atoms with van der Waals surface area (Å²) in [7, 11) is 1.50. The number of hydrogen-bond donors (Lipinski definition) is 1. The van der Waals surface area contributed by atoms with Crippen LogP contribution in [0.25, 0.3) is 0 Å². The van der Waals surface area contributed by atoms with Crippen LogP contribution >= 0.6 is 11.6 Å². The van der Waals surface area contributed by atoms with Crippen LogP contribution in [0.4, 0.5) is 5.82 Å². The van der Waals surface area contributed by atoms with Gasteiger partial charge in [-0.3, -0.25) is 9.59 Å². The van der Waals surface area contributed by atoms with E-state index < -0.39 is 6.04 Å². The summed E-state index contributed by atoms with van der Waals surface area (Å²) in [6, 6.07) is 9.74. The molecule has 1 atom stereocenters. The van der Waals surface area contributed by atoms with E-state index in [-0.39, 0.29) is 11.8 Å². The minimum absolute atomic E-state index is 0.241. The number of ether oxygens (including phenoxy) is 1. The second-order valence-corrected chi connectivity index (χ2v) is 6.59. The van der Waals surface area contributed by atoms with E-state index in [2.05, 4.69) is 10.3 Å². The maximum atomic E-state index is 13.0. The number of pyridine rings is 1. The molecule has 6 nitrogen and oxygen atoms in total. The SMILES string of the molecule is COc1ccc(Cl)cc1C(=O)N1CCCC1C(=O)Nc1cccc(C)n1. The standard InChI is InChI=1S/C19H20ClN3O3/c1-12-5-3-7-17(21-12)22-18(24)15-6-4-10-23(15)19(25)14-11-13(20)8-9-16(14)26-2/h3,5,7-9,11,15H,4,6,10H2,1-2H3,(H,21,22,24). The predicted octanol–water partition coefficient (Wildman–Crippen LogP) is 3.30. The van der Waals surface area contributed by atoms with Crippen molar-refractivity contribution in [3.63, 3.8) is 0 Å². The fraction of sp³-hybridized carbons (Fsp3) is 0.316. The average molecular weight is 374 g/mol. The number of rotatable bonds is 4. The summed E-state index contributed by atoms with van der Waals surface area (Å²) in [5.41, 5.74) is 1.17. The van der Waals surface area contributed by atoms with Crippen LogP contribution in [-0.4, -0.2) is 41.4 Å². The fourth-order valence-corrected chi connectivity index (χ4v) is 3.28. The highest BCUT2D eigenvalue weighted by Crippen LogP contribution is 2.28. The molecule has 3 rings (SSSR count). The molecule has 1 aromatic heterocycles. The molecule has 2 heterocycles. The molecule has 0 radical (unpaired) electrons. The van der Waals surface area contributed by atoms with Crippen LogP contribution in [-0.2, 0) is 4.79 Å². The minimum atomic E-state index is -0.548. The molecule has 0 spiro atoms. The Labute approximate surface area is 157 Å². The number of carbonyl (C=O) groups excluding carboxylic acids is 2. The number of hydrogen-bond acceptors (Lipinski definition) is 4. The van der Waals surface area contributed by atoms with Crippen molar-refractivity contribution in [2.24, 2.45) is 0 Å². The number of benzene rings is 1. The first kappa shape index (κ1) is 18.2. The lowest BCUT2D eigenvalue weighted by molar-refractivity contribution is -0.119. The second kappa shape index (κ2) is 7.74. The number of nitrogens with one attached hydrogen (secondary N) is 1. The van der Waals surface area contributed by atoms with Crippen molar-refractivity contribution in [2.45, 2.75) is 25.8 Å². The van der Waals surface area contributed by atoms with Gasteiger partial charge in [-0.25, -0.2) is 4.98 Å². The molecule has 0 aliphatic carbocycles. The van der Waals surface area contributed by atoms with E-state index >= 15 is 0 Å². The molecule has 0 bridgehead atoms. The van der Waals surface area contributed by atoms with Gasteiger partial charge in [-0.2, -0.15) is 0 Å². The first-order valence-corrected chi connectivity index (χ1v) is 8.76. The lowest BCUT2D eigenvalue weighted by atomic mass is 10.1. The van der Waals surface area contributed by atoms with Crippen molar-refractivity contribution >= 4 is 29.2 Å². The third-order valence-electron chi connectivity index (χ3n) is 4.35. The quantitative estimate of drug-likeness (QED) is 0.892. The number of carbonyl (C=O) groups is 2. The highest BCUT2D eigenvalue weighted by Gasteiger charge is 2.35. The Bertz CT molecular complexity index is 841. The number of aryl methyl sites for hydroxylation is 1. The molecular weight excluding hydrogens is 354 g/mol. The number of nitrogens with zero attached hydrogens (tertiary/aromatic N) is 2. The van der Waals surface area contributed by atoms with Gasteiger partial charge < -0.3 is 15.0 Å². The van der Waals surface area contributed by atoms with Gasteiger partial charge in [0.2, 0.25) is 5.91 Å². The monoisotopic (exact) mass is 373 g/mol. The first-order valence-electron chi connectivity index (χ1n) is 8.38. The van der Waals surface area contributed by atoms with Gasteiger partial charge >= 0.3 is 0 Å². The van der Waals surface area contributed by atoms with Gasteiger partial charge in [0.1, 0.15) is 17.6 Å². The van der Waals surface area contributed by atoms with Gasteiger partial charge in [0, 0.05) is 17.3 Å². The molecule has 1 unspecified atom stereocenters. The molecule has 26 heavy (non-hydrogen) atoms. The third kappa shape index (κ3) is 3.80. The van der Waals surface area contributed by atoms with E-state index in [4.69, 9.17) is 16.3 Å². The summed E-state index contributed by atoms with van der Waals surface area (Å²) in [6.07, 6.45) is 1.36. The second-order valence-electron chi connectivity index (χ2n) is 6.15. The molecular formula is C19H20ClN3O3. The van der Waals surface area contributed by atoms with Crippen LogP contribution in [0.3, 0.4) is 0 Å². The van der Waals surface area contributed by atoms with E-state index in [0.29, 0.717) is 35.1 Å². The maximum absolute atomic E-state index is 13.0. The Balaban J connectivity index is 1.80. The van der Waals surface area contributed by atoms with Gasteiger partial charge in [0.25, 0.3) is 5.91 Å². The molecule has 2 amide bonds. The van der Waals surface area contributed by atoms with Crippen molar-refractivity contribution in [2.75, 3.05) is 19.0 Å². The smallest absolute Gasteiger partial charge is 0.258 e. The van der Waals surface area contributed by atoms with Crippen molar-refractivity contribution in [3.05, 3.63) is 52.7 Å². The van der Waals surface area contributed by atoms with E-state index in [1.54, 1.807) is 29.2 Å². The zero-order chi connectivity index (χ0) is 18.7. The van der Waals surface area contributed by atoms with Gasteiger partial charge in [-0.1, -0.05) is 17.7 Å². The van der Waals surface area contributed by atoms with Crippen LogP contribution in [0.5, 0.6) is 5.75 Å². The number of anilines is 1. The van der Waals surface area contributed by atoms with Crippen LogP contribution in [0.15, 0.2) is 36.4 Å². The van der Waals surface area contributed by atoms with Gasteiger partial charge in [-0.05, 0) is 50.1 Å². The molecule has 136 valence electrons. The van der Waals surface area contributed by atoms with Gasteiger partial charge in [-0.15, -0.1) is 0 Å². The van der Waals surface area contributed by atoms with E-state index in [1.807, 2.05) is 19.1 Å². The highest BCUT2D eigenvalue weighted by atomic mass is 35.5.